The lowest BCUT2D eigenvalue weighted by molar-refractivity contribution is 1.66. The summed E-state index contributed by atoms with van der Waals surface area (Å²) in [5.74, 6) is 0. The van der Waals surface area contributed by atoms with Crippen LogP contribution in [0.15, 0.2) is 170 Å². The number of benzene rings is 8. The van der Waals surface area contributed by atoms with Gasteiger partial charge in [-0.25, -0.2) is 0 Å². The molecule has 0 fully saturated rings. The van der Waals surface area contributed by atoms with Crippen molar-refractivity contribution in [2.45, 2.75) is 0 Å². The fourth-order valence-corrected chi connectivity index (χ4v) is 16.6. The molecule has 8 aromatic carbocycles. The molecule has 6 heterocycles. The zero-order valence-electron chi connectivity index (χ0n) is 31.6. The molecule has 280 valence electrons. The van der Waals surface area contributed by atoms with Crippen molar-refractivity contribution in [1.82, 2.24) is 0 Å². The fraction of sp³-hybridized carbons (Fsp3) is 0. The number of fused-ring (bicyclic) bond motifs is 15. The largest absolute Gasteiger partial charge is 0.134 e. The van der Waals surface area contributed by atoms with Crippen LogP contribution in [0.4, 0.5) is 0 Å². The zero-order chi connectivity index (χ0) is 39.1. The molecular weight excluding hydrogens is 841 g/mol. The molecular formula is C54H28S6. The van der Waals surface area contributed by atoms with Crippen molar-refractivity contribution in [3.8, 4) is 43.1 Å². The Labute approximate surface area is 368 Å². The third-order valence-electron chi connectivity index (χ3n) is 12.1. The average Bonchev–Trinajstić information content (AvgIpc) is 4.15. The molecule has 0 bridgehead atoms. The highest BCUT2D eigenvalue weighted by atomic mass is 32.1. The van der Waals surface area contributed by atoms with Crippen molar-refractivity contribution in [2.75, 3.05) is 0 Å². The third kappa shape index (κ3) is 5.10. The molecule has 14 rings (SSSR count). The first-order valence-electron chi connectivity index (χ1n) is 19.9. The molecule has 0 unspecified atom stereocenters. The molecule has 6 aromatic heterocycles. The molecule has 60 heavy (non-hydrogen) atoms. The Balaban J connectivity index is 0.806. The maximum absolute atomic E-state index is 2.43. The van der Waals surface area contributed by atoms with Crippen molar-refractivity contribution in [3.05, 3.63) is 170 Å². The van der Waals surface area contributed by atoms with Gasteiger partial charge in [0.05, 0.1) is 18.8 Å². The van der Waals surface area contributed by atoms with E-state index in [0.717, 1.165) is 0 Å². The summed E-state index contributed by atoms with van der Waals surface area (Å²) in [7, 11) is 0. The van der Waals surface area contributed by atoms with Gasteiger partial charge in [0.25, 0.3) is 0 Å². The molecule has 0 nitrogen and oxygen atoms in total. The van der Waals surface area contributed by atoms with Crippen molar-refractivity contribution in [1.29, 1.82) is 0 Å². The van der Waals surface area contributed by atoms with Gasteiger partial charge in [-0.2, -0.15) is 0 Å². The molecule has 0 atom stereocenters. The van der Waals surface area contributed by atoms with Crippen LogP contribution in [0.1, 0.15) is 0 Å². The van der Waals surface area contributed by atoms with Gasteiger partial charge in [-0.15, -0.1) is 68.0 Å². The van der Waals surface area contributed by atoms with E-state index in [0.29, 0.717) is 0 Å². The van der Waals surface area contributed by atoms with Gasteiger partial charge in [0, 0.05) is 81.0 Å². The summed E-state index contributed by atoms with van der Waals surface area (Å²) in [6.45, 7) is 0. The summed E-state index contributed by atoms with van der Waals surface area (Å²) >= 11 is 11.6. The predicted molar refractivity (Wildman–Crippen MR) is 273 cm³/mol. The minimum Gasteiger partial charge on any atom is -0.134 e. The average molecular weight is 869 g/mol. The van der Waals surface area contributed by atoms with Crippen LogP contribution in [0.25, 0.3) is 133 Å². The summed E-state index contributed by atoms with van der Waals surface area (Å²) in [4.78, 5) is 2.67. The van der Waals surface area contributed by atoms with Gasteiger partial charge in [-0.1, -0.05) is 109 Å². The van der Waals surface area contributed by atoms with Gasteiger partial charge in [0.1, 0.15) is 0 Å². The van der Waals surface area contributed by atoms with Gasteiger partial charge in [-0.3, -0.25) is 0 Å². The molecule has 0 saturated heterocycles. The van der Waals surface area contributed by atoms with E-state index in [1.807, 2.05) is 68.0 Å². The zero-order valence-corrected chi connectivity index (χ0v) is 36.5. The Bertz CT molecular complexity index is 3760. The predicted octanol–water partition coefficient (Wildman–Crippen LogP) is 19.1. The first kappa shape index (κ1) is 34.1. The molecule has 0 aliphatic carbocycles. The lowest BCUT2D eigenvalue weighted by atomic mass is 10.0. The Morgan fingerprint density at radius 1 is 0.200 bits per heavy atom. The molecule has 0 aliphatic rings. The Kier molecular flexibility index (Phi) is 7.32. The van der Waals surface area contributed by atoms with E-state index >= 15 is 0 Å². The monoisotopic (exact) mass is 868 g/mol. The topological polar surface area (TPSA) is 0 Å². The molecule has 14 aromatic rings. The molecule has 0 saturated carbocycles. The Morgan fingerprint density at radius 2 is 0.517 bits per heavy atom. The normalized spacial score (nSPS) is 12.3. The summed E-state index contributed by atoms with van der Waals surface area (Å²) in [5.41, 5.74) is 7.68. The maximum atomic E-state index is 2.43. The minimum absolute atomic E-state index is 1.26. The Hall–Kier alpha value is -5.70. The third-order valence-corrected chi connectivity index (χ3v) is 19.6. The van der Waals surface area contributed by atoms with E-state index in [4.69, 9.17) is 0 Å². The Morgan fingerprint density at radius 3 is 0.867 bits per heavy atom. The molecule has 0 N–H and O–H groups in total. The quantitative estimate of drug-likeness (QED) is 0.165. The van der Waals surface area contributed by atoms with E-state index < -0.39 is 0 Å². The van der Waals surface area contributed by atoms with Crippen LogP contribution in [0, 0.1) is 0 Å². The van der Waals surface area contributed by atoms with E-state index in [1.54, 1.807) is 0 Å². The molecule has 0 amide bonds. The van der Waals surface area contributed by atoms with Crippen LogP contribution >= 0.6 is 68.0 Å². The highest BCUT2D eigenvalue weighted by Crippen LogP contribution is 2.49. The van der Waals surface area contributed by atoms with Crippen LogP contribution in [0.5, 0.6) is 0 Å². The second kappa shape index (κ2) is 12.9. The number of hydrogen-bond acceptors (Lipinski definition) is 6. The summed E-state index contributed by atoms with van der Waals surface area (Å²) in [6, 6.07) is 63.8. The second-order valence-electron chi connectivity index (χ2n) is 15.6. The number of hydrogen-bond donors (Lipinski definition) is 0. The van der Waals surface area contributed by atoms with E-state index in [9.17, 15) is 0 Å². The number of rotatable bonds is 4. The van der Waals surface area contributed by atoms with E-state index in [1.165, 1.54) is 133 Å². The van der Waals surface area contributed by atoms with Crippen molar-refractivity contribution in [3.63, 3.8) is 0 Å². The second-order valence-corrected chi connectivity index (χ2v) is 21.9. The van der Waals surface area contributed by atoms with Crippen molar-refractivity contribution < 1.29 is 0 Å². The van der Waals surface area contributed by atoms with Gasteiger partial charge in [-0.05, 0) is 94.0 Å². The lowest BCUT2D eigenvalue weighted by Crippen LogP contribution is -1.76. The molecule has 0 spiro atoms. The SMILES string of the molecule is c1ccc(-c2ccc3sc4c(ccc5c6cc(-c7cc8sc(-c9ccc%10sc%11c(ccc%12c%13cc(-c%14ccccc%14)ccc%13sc%12%11)c%10c9)cc8s7)ccc6sc54)c3c2)cc1. The lowest BCUT2D eigenvalue weighted by Gasteiger charge is -2.02. The highest BCUT2D eigenvalue weighted by Gasteiger charge is 2.18. The first-order valence-corrected chi connectivity index (χ1v) is 24.8. The van der Waals surface area contributed by atoms with Crippen LogP contribution in [-0.4, -0.2) is 0 Å². The van der Waals surface area contributed by atoms with Gasteiger partial charge >= 0.3 is 0 Å². The van der Waals surface area contributed by atoms with Crippen LogP contribution in [-0.2, 0) is 0 Å². The van der Waals surface area contributed by atoms with E-state index in [2.05, 4.69) is 170 Å². The summed E-state index contributed by atoms with van der Waals surface area (Å²) in [5, 5.41) is 10.9. The van der Waals surface area contributed by atoms with E-state index in [-0.39, 0.29) is 0 Å². The van der Waals surface area contributed by atoms with Crippen molar-refractivity contribution in [2.24, 2.45) is 0 Å². The summed E-state index contributed by atoms with van der Waals surface area (Å²) in [6.07, 6.45) is 0. The van der Waals surface area contributed by atoms with Crippen molar-refractivity contribution >= 4 is 158 Å². The van der Waals surface area contributed by atoms with Crippen LogP contribution < -0.4 is 0 Å². The summed E-state index contributed by atoms with van der Waals surface area (Å²) < 4.78 is 13.7. The standard InChI is InChI=1S/C54H28S6/c1-3-7-29(8-4-1)31-11-19-43-39(23-31)35-15-17-37-41-25-33(13-21-45(41)59-53(37)51(35)57-43)47-27-49-50(55-47)28-48(56-49)34-14-22-46-42(26-34)38-18-16-36-40-24-32(30-9-5-2-6-10-30)12-20-44(40)58-52(36)54(38)60-46/h1-28H. The van der Waals surface area contributed by atoms with Crippen LogP contribution in [0.2, 0.25) is 0 Å². The van der Waals surface area contributed by atoms with Crippen LogP contribution in [0.3, 0.4) is 0 Å². The fourth-order valence-electron chi connectivity index (χ4n) is 9.18. The first-order chi connectivity index (χ1) is 29.7. The minimum atomic E-state index is 1.26. The molecule has 0 radical (unpaired) electrons. The molecule has 6 heteroatoms. The highest BCUT2D eigenvalue weighted by molar-refractivity contribution is 7.34. The van der Waals surface area contributed by atoms with Gasteiger partial charge in [0.15, 0.2) is 0 Å². The van der Waals surface area contributed by atoms with Gasteiger partial charge < -0.3 is 0 Å². The maximum Gasteiger partial charge on any atom is 0.0534 e. The number of thiophene rings is 6. The van der Waals surface area contributed by atoms with Gasteiger partial charge in [0.2, 0.25) is 0 Å². The molecule has 0 aliphatic heterocycles. The smallest absolute Gasteiger partial charge is 0.0534 e.